The monoisotopic (exact) mass is 335 g/mol. The van der Waals surface area contributed by atoms with E-state index in [-0.39, 0.29) is 23.8 Å². The predicted octanol–water partition coefficient (Wildman–Crippen LogP) is 3.13. The largest absolute Gasteiger partial charge is 0.494 e. The first-order valence-electron chi connectivity index (χ1n) is 8.37. The van der Waals surface area contributed by atoms with Crippen molar-refractivity contribution < 1.29 is 19.4 Å². The fourth-order valence-electron chi connectivity index (χ4n) is 2.19. The normalized spacial score (nSPS) is 13.9. The Hall–Kier alpha value is -2.04. The minimum absolute atomic E-state index is 0.111. The number of carboxylic acid groups (broad SMARTS) is 1. The van der Waals surface area contributed by atoms with E-state index in [0.29, 0.717) is 13.0 Å². The minimum Gasteiger partial charge on any atom is -0.494 e. The van der Waals surface area contributed by atoms with Crippen molar-refractivity contribution in [2.24, 2.45) is 17.3 Å². The molecule has 0 spiro atoms. The quantitative estimate of drug-likeness (QED) is 0.765. The van der Waals surface area contributed by atoms with E-state index in [1.165, 1.54) is 0 Å². The second-order valence-electron chi connectivity index (χ2n) is 7.15. The number of amides is 1. The summed E-state index contributed by atoms with van der Waals surface area (Å²) in [6.45, 7) is 10.5. The molecule has 0 radical (unpaired) electrons. The number of carbonyl (C=O) groups excluding carboxylic acids is 1. The first-order valence-corrected chi connectivity index (χ1v) is 8.37. The lowest BCUT2D eigenvalue weighted by atomic mass is 9.81. The van der Waals surface area contributed by atoms with Crippen molar-refractivity contribution in [2.75, 3.05) is 13.2 Å². The lowest BCUT2D eigenvalue weighted by Crippen LogP contribution is -2.40. The molecule has 5 heteroatoms. The zero-order chi connectivity index (χ0) is 18.3. The maximum Gasteiger partial charge on any atom is 0.308 e. The molecular weight excluding hydrogens is 306 g/mol. The van der Waals surface area contributed by atoms with E-state index in [1.807, 2.05) is 58.9 Å². The lowest BCUT2D eigenvalue weighted by Gasteiger charge is -2.26. The number of benzene rings is 1. The van der Waals surface area contributed by atoms with E-state index in [9.17, 15) is 14.7 Å². The molecule has 0 aliphatic heterocycles. The van der Waals surface area contributed by atoms with Gasteiger partial charge in [-0.25, -0.2) is 0 Å². The molecule has 134 valence electrons. The van der Waals surface area contributed by atoms with Gasteiger partial charge in [0.1, 0.15) is 5.75 Å². The third kappa shape index (κ3) is 6.22. The Morgan fingerprint density at radius 2 is 1.79 bits per heavy atom. The van der Waals surface area contributed by atoms with Gasteiger partial charge in [-0.15, -0.1) is 0 Å². The Morgan fingerprint density at radius 3 is 2.25 bits per heavy atom. The second-order valence-corrected chi connectivity index (χ2v) is 7.15. The van der Waals surface area contributed by atoms with Crippen molar-refractivity contribution in [1.82, 2.24) is 5.32 Å². The first-order chi connectivity index (χ1) is 11.1. The van der Waals surface area contributed by atoms with Crippen LogP contribution in [0.1, 0.15) is 40.2 Å². The zero-order valence-electron chi connectivity index (χ0n) is 15.3. The number of nitrogens with one attached hydrogen (secondary N) is 1. The maximum absolute atomic E-state index is 12.2. The number of rotatable bonds is 8. The van der Waals surface area contributed by atoms with Crippen molar-refractivity contribution in [3.8, 4) is 5.75 Å². The Kier molecular flexibility index (Phi) is 7.26. The van der Waals surface area contributed by atoms with E-state index in [0.717, 1.165) is 11.3 Å². The molecule has 0 aliphatic carbocycles. The Balaban J connectivity index is 2.64. The van der Waals surface area contributed by atoms with Gasteiger partial charge in [-0.05, 0) is 36.5 Å². The standard InChI is InChI=1S/C19H29NO4/c1-6-24-16-9-7-14(8-10-16)11-15(18(22)23)12-20-17(21)13(2)19(3,4)5/h7-10,13,15H,6,11-12H2,1-5H3,(H,20,21)(H,22,23). The van der Waals surface area contributed by atoms with Crippen molar-refractivity contribution >= 4 is 11.9 Å². The molecule has 2 N–H and O–H groups in total. The minimum atomic E-state index is -0.910. The Labute approximate surface area is 144 Å². The summed E-state index contributed by atoms with van der Waals surface area (Å²) >= 11 is 0. The third-order valence-electron chi connectivity index (χ3n) is 4.28. The van der Waals surface area contributed by atoms with E-state index >= 15 is 0 Å². The number of hydrogen-bond acceptors (Lipinski definition) is 3. The van der Waals surface area contributed by atoms with Crippen LogP contribution >= 0.6 is 0 Å². The van der Waals surface area contributed by atoms with Gasteiger partial charge in [-0.2, -0.15) is 0 Å². The number of carbonyl (C=O) groups is 2. The van der Waals surface area contributed by atoms with Crippen LogP contribution in [0.25, 0.3) is 0 Å². The molecule has 24 heavy (non-hydrogen) atoms. The molecule has 2 atom stereocenters. The number of hydrogen-bond donors (Lipinski definition) is 2. The summed E-state index contributed by atoms with van der Waals surface area (Å²) in [6, 6.07) is 7.39. The van der Waals surface area contributed by atoms with Gasteiger partial charge in [0, 0.05) is 12.5 Å². The summed E-state index contributed by atoms with van der Waals surface area (Å²) < 4.78 is 5.38. The SMILES string of the molecule is CCOc1ccc(CC(CNC(=O)C(C)C(C)(C)C)C(=O)O)cc1. The molecule has 0 saturated carbocycles. The summed E-state index contributed by atoms with van der Waals surface area (Å²) in [7, 11) is 0. The molecule has 2 unspecified atom stereocenters. The van der Waals surface area contributed by atoms with Gasteiger partial charge >= 0.3 is 5.97 Å². The summed E-state index contributed by atoms with van der Waals surface area (Å²) in [5.41, 5.74) is 0.752. The van der Waals surface area contributed by atoms with Crippen LogP contribution in [-0.2, 0) is 16.0 Å². The molecular formula is C19H29NO4. The van der Waals surface area contributed by atoms with Crippen molar-refractivity contribution in [2.45, 2.75) is 41.0 Å². The van der Waals surface area contributed by atoms with E-state index < -0.39 is 11.9 Å². The Bertz CT molecular complexity index is 545. The van der Waals surface area contributed by atoms with Crippen LogP contribution in [0.15, 0.2) is 24.3 Å². The smallest absolute Gasteiger partial charge is 0.308 e. The molecule has 1 rings (SSSR count). The van der Waals surface area contributed by atoms with Gasteiger partial charge in [-0.3, -0.25) is 9.59 Å². The average Bonchev–Trinajstić information content (AvgIpc) is 2.51. The van der Waals surface area contributed by atoms with Gasteiger partial charge in [0.2, 0.25) is 5.91 Å². The molecule has 0 saturated heterocycles. The van der Waals surface area contributed by atoms with Crippen molar-refractivity contribution in [3.63, 3.8) is 0 Å². The molecule has 0 aliphatic rings. The highest BCUT2D eigenvalue weighted by molar-refractivity contribution is 5.80. The topological polar surface area (TPSA) is 75.6 Å². The fourth-order valence-corrected chi connectivity index (χ4v) is 2.19. The summed E-state index contributed by atoms with van der Waals surface area (Å²) in [4.78, 5) is 23.6. The van der Waals surface area contributed by atoms with Gasteiger partial charge in [0.25, 0.3) is 0 Å². The molecule has 1 amide bonds. The molecule has 0 bridgehead atoms. The highest BCUT2D eigenvalue weighted by atomic mass is 16.5. The fraction of sp³-hybridized carbons (Fsp3) is 0.579. The lowest BCUT2D eigenvalue weighted by molar-refractivity contribution is -0.141. The summed E-state index contributed by atoms with van der Waals surface area (Å²) in [5, 5.41) is 12.2. The molecule has 5 nitrogen and oxygen atoms in total. The molecule has 0 fully saturated rings. The van der Waals surface area contributed by atoms with Gasteiger partial charge in [-0.1, -0.05) is 39.8 Å². The van der Waals surface area contributed by atoms with Crippen molar-refractivity contribution in [3.05, 3.63) is 29.8 Å². The van der Waals surface area contributed by atoms with Crippen LogP contribution in [0.2, 0.25) is 0 Å². The number of ether oxygens (including phenoxy) is 1. The van der Waals surface area contributed by atoms with Gasteiger partial charge < -0.3 is 15.2 Å². The first kappa shape index (κ1) is 20.0. The van der Waals surface area contributed by atoms with Gasteiger partial charge in [0.05, 0.1) is 12.5 Å². The van der Waals surface area contributed by atoms with Crippen LogP contribution in [-0.4, -0.2) is 30.1 Å². The van der Waals surface area contributed by atoms with Crippen LogP contribution < -0.4 is 10.1 Å². The third-order valence-corrected chi connectivity index (χ3v) is 4.28. The van der Waals surface area contributed by atoms with Crippen LogP contribution in [0.4, 0.5) is 0 Å². The number of aliphatic carboxylic acids is 1. The predicted molar refractivity (Wildman–Crippen MR) is 94.1 cm³/mol. The zero-order valence-corrected chi connectivity index (χ0v) is 15.3. The molecule has 1 aromatic rings. The van der Waals surface area contributed by atoms with E-state index in [2.05, 4.69) is 5.32 Å². The molecule has 0 heterocycles. The average molecular weight is 335 g/mol. The van der Waals surface area contributed by atoms with Crippen LogP contribution in [0.5, 0.6) is 5.75 Å². The van der Waals surface area contributed by atoms with Crippen molar-refractivity contribution in [1.29, 1.82) is 0 Å². The van der Waals surface area contributed by atoms with E-state index in [4.69, 9.17) is 4.74 Å². The molecule has 1 aromatic carbocycles. The highest BCUT2D eigenvalue weighted by Crippen LogP contribution is 2.25. The van der Waals surface area contributed by atoms with Crippen LogP contribution in [0, 0.1) is 17.3 Å². The summed E-state index contributed by atoms with van der Waals surface area (Å²) in [5.74, 6) is -1.09. The van der Waals surface area contributed by atoms with Crippen LogP contribution in [0.3, 0.4) is 0 Å². The number of carboxylic acids is 1. The van der Waals surface area contributed by atoms with E-state index in [1.54, 1.807) is 0 Å². The maximum atomic E-state index is 12.2. The second kappa shape index (κ2) is 8.71. The summed E-state index contributed by atoms with van der Waals surface area (Å²) in [6.07, 6.45) is 0.367. The Morgan fingerprint density at radius 1 is 1.21 bits per heavy atom. The highest BCUT2D eigenvalue weighted by Gasteiger charge is 2.28. The van der Waals surface area contributed by atoms with Gasteiger partial charge in [0.15, 0.2) is 0 Å². The molecule has 0 aromatic heterocycles.